The van der Waals surface area contributed by atoms with Gasteiger partial charge in [-0.3, -0.25) is 19.2 Å². The van der Waals surface area contributed by atoms with Crippen LogP contribution in [-0.2, 0) is 31.5 Å². The van der Waals surface area contributed by atoms with Gasteiger partial charge in [0.05, 0.1) is 35.8 Å². The Morgan fingerprint density at radius 3 is 1.84 bits per heavy atom. The van der Waals surface area contributed by atoms with E-state index in [4.69, 9.17) is 27.9 Å². The molecule has 3 aromatic carbocycles. The first kappa shape index (κ1) is 40.8. The van der Waals surface area contributed by atoms with Crippen LogP contribution in [0.1, 0.15) is 35.4 Å². The number of fused-ring (bicyclic) bond motifs is 4. The summed E-state index contributed by atoms with van der Waals surface area (Å²) in [6.45, 7) is 0. The van der Waals surface area contributed by atoms with Gasteiger partial charge in [-0.2, -0.15) is 26.3 Å². The standard InChI is InChI=1S/C35H18BrCl2F11N2O6/c1-57-18-8-12(36)7-16(27(18)52)20-14-2-3-15-19(29(54)50(28(15)53)13-5-10(34(44,45)46)4-11(6-13)35(47,48)49)17(14)9-32(37)30(55)51(31(56)33(20,32)38)26-24(42)22(40)21(39)23(41)25(26)43/h2,4-8,15,17,19-20,52H,3,9H2,1H3/t15-,17+,19-,20+,32+,33-/m0/s1. The molecule has 0 radical (unpaired) electrons. The molecule has 0 spiro atoms. The number of amides is 4. The van der Waals surface area contributed by atoms with Gasteiger partial charge < -0.3 is 9.84 Å². The Balaban J connectivity index is 1.45. The van der Waals surface area contributed by atoms with Crippen LogP contribution in [0.15, 0.2) is 46.5 Å². The van der Waals surface area contributed by atoms with Crippen LogP contribution < -0.4 is 14.5 Å². The second-order valence-corrected chi connectivity index (χ2v) is 15.7. The number of hydrogen-bond donors (Lipinski definition) is 1. The van der Waals surface area contributed by atoms with Gasteiger partial charge in [0, 0.05) is 16.0 Å². The molecule has 3 fully saturated rings. The first-order chi connectivity index (χ1) is 26.3. The lowest BCUT2D eigenvalue weighted by atomic mass is 9.56. The van der Waals surface area contributed by atoms with E-state index in [0.717, 1.165) is 13.2 Å². The second-order valence-electron chi connectivity index (χ2n) is 13.5. The number of anilines is 2. The molecule has 22 heteroatoms. The molecule has 2 heterocycles. The van der Waals surface area contributed by atoms with Crippen molar-refractivity contribution in [2.45, 2.75) is 40.9 Å². The van der Waals surface area contributed by atoms with E-state index in [9.17, 15) is 63.8 Å². The molecular weight excluding hydrogens is 904 g/mol. The van der Waals surface area contributed by atoms with Crippen LogP contribution in [0.3, 0.4) is 0 Å². The second kappa shape index (κ2) is 13.0. The minimum atomic E-state index is -5.39. The largest absolute Gasteiger partial charge is 0.504 e. The minimum absolute atomic E-state index is 0.0840. The molecule has 7 rings (SSSR count). The number of methoxy groups -OCH3 is 1. The third kappa shape index (κ3) is 5.59. The maximum absolute atomic E-state index is 15.3. The Morgan fingerprint density at radius 2 is 1.32 bits per heavy atom. The quantitative estimate of drug-likeness (QED) is 0.0702. The number of aromatic hydroxyl groups is 1. The summed E-state index contributed by atoms with van der Waals surface area (Å²) in [6, 6.07) is 2.37. The Bertz CT molecular complexity index is 2330. The van der Waals surface area contributed by atoms with E-state index in [1.165, 1.54) is 12.1 Å². The molecule has 4 amide bonds. The summed E-state index contributed by atoms with van der Waals surface area (Å²) in [5.74, 6) is -27.6. The highest BCUT2D eigenvalue weighted by Gasteiger charge is 2.77. The maximum Gasteiger partial charge on any atom is 0.416 e. The van der Waals surface area contributed by atoms with Crippen LogP contribution in [0.5, 0.6) is 11.5 Å². The molecule has 0 aromatic heterocycles. The number of carbonyl (C=O) groups excluding carboxylic acids is 4. The molecule has 8 nitrogen and oxygen atoms in total. The Labute approximate surface area is 329 Å². The average Bonchev–Trinajstić information content (AvgIpc) is 3.47. The van der Waals surface area contributed by atoms with Gasteiger partial charge >= 0.3 is 12.4 Å². The highest BCUT2D eigenvalue weighted by Crippen LogP contribution is 2.67. The van der Waals surface area contributed by atoms with Gasteiger partial charge in [-0.05, 0) is 49.1 Å². The van der Waals surface area contributed by atoms with Gasteiger partial charge in [0.2, 0.25) is 17.6 Å². The topological polar surface area (TPSA) is 104 Å². The molecule has 2 aliphatic carbocycles. The number of phenols is 1. The smallest absolute Gasteiger partial charge is 0.416 e. The van der Waals surface area contributed by atoms with E-state index >= 15 is 8.78 Å². The Hall–Kier alpha value is -4.43. The summed E-state index contributed by atoms with van der Waals surface area (Å²) in [5, 5.41) is 11.4. The van der Waals surface area contributed by atoms with Crippen LogP contribution in [0.2, 0.25) is 0 Å². The van der Waals surface area contributed by atoms with Gasteiger partial charge in [-0.25, -0.2) is 31.8 Å². The summed E-state index contributed by atoms with van der Waals surface area (Å²) in [6.07, 6.45) is -11.1. The lowest BCUT2D eigenvalue weighted by molar-refractivity contribution is -0.143. The molecule has 0 bridgehead atoms. The lowest BCUT2D eigenvalue weighted by Gasteiger charge is -2.50. The van der Waals surface area contributed by atoms with Crippen molar-refractivity contribution < 1.29 is 77.3 Å². The van der Waals surface area contributed by atoms with Crippen LogP contribution in [-0.4, -0.2) is 45.6 Å². The van der Waals surface area contributed by atoms with E-state index in [0.29, 0.717) is 0 Å². The zero-order valence-corrected chi connectivity index (χ0v) is 31.0. The fourth-order valence-electron chi connectivity index (χ4n) is 8.20. The van der Waals surface area contributed by atoms with E-state index in [-0.39, 0.29) is 38.9 Å². The van der Waals surface area contributed by atoms with Crippen molar-refractivity contribution >= 4 is 74.1 Å². The summed E-state index contributed by atoms with van der Waals surface area (Å²) < 4.78 is 162. The predicted molar refractivity (Wildman–Crippen MR) is 178 cm³/mol. The fraction of sp³-hybridized carbons (Fsp3) is 0.314. The fourth-order valence-corrected chi connectivity index (χ4v) is 9.59. The number of alkyl halides is 8. The SMILES string of the molecule is COc1cc(Br)cc([C@H]2C3=CC[C@@H]4C(=O)N(c5cc(C(F)(F)F)cc(C(F)(F)F)c5)C(=O)[C@@H]4[C@@H]3C[C@@]3(Cl)C(=O)N(c4c(F)c(F)c(F)c(F)c4F)C(=O)[C@@]23Cl)c1O. The number of rotatable bonds is 4. The van der Waals surface area contributed by atoms with E-state index < -0.39 is 150 Å². The molecule has 6 atom stereocenters. The summed E-state index contributed by atoms with van der Waals surface area (Å²) in [5.41, 5.74) is -7.55. The normalized spacial score (nSPS) is 27.5. The molecule has 302 valence electrons. The van der Waals surface area contributed by atoms with Crippen LogP contribution in [0, 0.1) is 46.8 Å². The van der Waals surface area contributed by atoms with Gasteiger partial charge in [0.1, 0.15) is 5.69 Å². The number of phenolic OH excluding ortho intramolecular Hbond substituents is 1. The summed E-state index contributed by atoms with van der Waals surface area (Å²) >= 11 is 17.2. The third-order valence-electron chi connectivity index (χ3n) is 10.7. The lowest BCUT2D eigenvalue weighted by Crippen LogP contribution is -2.60. The van der Waals surface area contributed by atoms with E-state index in [1.54, 1.807) is 0 Å². The van der Waals surface area contributed by atoms with E-state index in [1.807, 2.05) is 0 Å². The summed E-state index contributed by atoms with van der Waals surface area (Å²) in [4.78, 5) is 50.4. The zero-order valence-electron chi connectivity index (χ0n) is 27.9. The molecule has 2 aliphatic heterocycles. The van der Waals surface area contributed by atoms with Crippen LogP contribution >= 0.6 is 39.1 Å². The van der Waals surface area contributed by atoms with Crippen molar-refractivity contribution in [2.75, 3.05) is 16.9 Å². The van der Waals surface area contributed by atoms with Crippen molar-refractivity contribution in [3.8, 4) is 11.5 Å². The molecule has 0 unspecified atom stereocenters. The van der Waals surface area contributed by atoms with Gasteiger partial charge in [-0.1, -0.05) is 27.6 Å². The Kier molecular flexibility index (Phi) is 9.32. The monoisotopic (exact) mass is 920 g/mol. The van der Waals surface area contributed by atoms with Crippen molar-refractivity contribution in [3.63, 3.8) is 0 Å². The number of benzene rings is 3. The molecular formula is C35H18BrCl2F11N2O6. The molecule has 1 N–H and O–H groups in total. The third-order valence-corrected chi connectivity index (χ3v) is 12.5. The molecule has 4 aliphatic rings. The summed E-state index contributed by atoms with van der Waals surface area (Å²) in [7, 11) is 1.09. The molecule has 3 aromatic rings. The van der Waals surface area contributed by atoms with Gasteiger partial charge in [-0.15, -0.1) is 23.2 Å². The van der Waals surface area contributed by atoms with Crippen LogP contribution in [0.25, 0.3) is 0 Å². The maximum atomic E-state index is 15.3. The van der Waals surface area contributed by atoms with E-state index in [2.05, 4.69) is 15.9 Å². The number of carbonyl (C=O) groups is 4. The number of imide groups is 2. The zero-order chi connectivity index (χ0) is 42.2. The molecule has 1 saturated carbocycles. The van der Waals surface area contributed by atoms with Crippen molar-refractivity contribution in [2.24, 2.45) is 17.8 Å². The molecule has 57 heavy (non-hydrogen) atoms. The highest BCUT2D eigenvalue weighted by molar-refractivity contribution is 9.10. The number of ether oxygens (including phenoxy) is 1. The average molecular weight is 922 g/mol. The first-order valence-electron chi connectivity index (χ1n) is 16.0. The van der Waals surface area contributed by atoms with Crippen molar-refractivity contribution in [3.05, 3.63) is 92.2 Å². The molecule has 2 saturated heterocycles. The Morgan fingerprint density at radius 1 is 0.772 bits per heavy atom. The minimum Gasteiger partial charge on any atom is -0.504 e. The van der Waals surface area contributed by atoms with Crippen molar-refractivity contribution in [1.82, 2.24) is 0 Å². The van der Waals surface area contributed by atoms with Crippen molar-refractivity contribution in [1.29, 1.82) is 0 Å². The predicted octanol–water partition coefficient (Wildman–Crippen LogP) is 8.66. The number of nitrogens with zero attached hydrogens (tertiary/aromatic N) is 2. The van der Waals surface area contributed by atoms with Gasteiger partial charge in [0.15, 0.2) is 44.5 Å². The highest BCUT2D eigenvalue weighted by atomic mass is 79.9. The number of hydrogen-bond acceptors (Lipinski definition) is 6. The van der Waals surface area contributed by atoms with Gasteiger partial charge in [0.25, 0.3) is 11.8 Å². The number of allylic oxidation sites excluding steroid dienone is 2. The number of halogens is 14. The van der Waals surface area contributed by atoms with Crippen LogP contribution in [0.4, 0.5) is 59.7 Å². The first-order valence-corrected chi connectivity index (χ1v) is 17.6.